The van der Waals surface area contributed by atoms with E-state index in [9.17, 15) is 0 Å². The maximum absolute atomic E-state index is 4.41. The van der Waals surface area contributed by atoms with Crippen LogP contribution in [0.1, 0.15) is 22.7 Å². The lowest BCUT2D eigenvalue weighted by Crippen LogP contribution is -1.82. The average molecular weight is 209 g/mol. The monoisotopic (exact) mass is 209 g/mol. The molecule has 0 radical (unpaired) electrons. The van der Waals surface area contributed by atoms with E-state index in [2.05, 4.69) is 42.7 Å². The fourth-order valence-electron chi connectivity index (χ4n) is 1.32. The number of hydrogen-bond acceptors (Lipinski definition) is 3. The van der Waals surface area contributed by atoms with Gasteiger partial charge in [0.25, 0.3) is 0 Å². The molecule has 0 aliphatic carbocycles. The molecule has 0 N–H and O–H groups in total. The van der Waals surface area contributed by atoms with Crippen LogP contribution < -0.4 is 0 Å². The van der Waals surface area contributed by atoms with Crippen LogP contribution in [0.3, 0.4) is 0 Å². The van der Waals surface area contributed by atoms with Crippen molar-refractivity contribution in [1.82, 2.24) is 4.98 Å². The maximum Gasteiger partial charge on any atom is 0.0907 e. The molecule has 68 valence electrons. The van der Waals surface area contributed by atoms with E-state index in [-0.39, 0.29) is 0 Å². The Labute approximate surface area is 87.2 Å². The normalized spacial score (nSPS) is 13.5. The zero-order chi connectivity index (χ0) is 9.42. The third kappa shape index (κ3) is 1.71. The van der Waals surface area contributed by atoms with Gasteiger partial charge in [-0.15, -0.1) is 11.3 Å². The molecule has 1 aromatic heterocycles. The van der Waals surface area contributed by atoms with Crippen molar-refractivity contribution >= 4 is 34.2 Å². The Morgan fingerprint density at radius 1 is 1.46 bits per heavy atom. The summed E-state index contributed by atoms with van der Waals surface area (Å²) in [5.41, 5.74) is 2.36. The van der Waals surface area contributed by atoms with Gasteiger partial charge in [-0.25, -0.2) is 4.98 Å². The Morgan fingerprint density at radius 3 is 2.92 bits per heavy atom. The molecule has 1 nitrogen and oxygen atoms in total. The highest BCUT2D eigenvalue weighted by Gasteiger charge is 2.03. The van der Waals surface area contributed by atoms with E-state index in [1.807, 2.05) is 6.92 Å². The van der Waals surface area contributed by atoms with Crippen LogP contribution in [0.2, 0.25) is 0 Å². The van der Waals surface area contributed by atoms with Crippen molar-refractivity contribution in [2.45, 2.75) is 19.1 Å². The van der Waals surface area contributed by atoms with Crippen molar-refractivity contribution in [3.63, 3.8) is 0 Å². The summed E-state index contributed by atoms with van der Waals surface area (Å²) in [6, 6.07) is 6.34. The maximum atomic E-state index is 4.41. The Balaban J connectivity index is 2.61. The van der Waals surface area contributed by atoms with Gasteiger partial charge in [-0.3, -0.25) is 0 Å². The molecule has 1 aromatic carbocycles. The van der Waals surface area contributed by atoms with E-state index in [0.717, 1.165) is 10.5 Å². The van der Waals surface area contributed by atoms with Crippen molar-refractivity contribution in [3.05, 3.63) is 28.8 Å². The van der Waals surface area contributed by atoms with E-state index < -0.39 is 0 Å². The van der Waals surface area contributed by atoms with Gasteiger partial charge < -0.3 is 0 Å². The third-order valence-corrected chi connectivity index (χ3v) is 3.23. The second-order valence-corrected chi connectivity index (χ2v) is 5.15. The molecule has 0 aliphatic heterocycles. The summed E-state index contributed by atoms with van der Waals surface area (Å²) in [6.45, 7) is 4.12. The van der Waals surface area contributed by atoms with Crippen LogP contribution >= 0.6 is 24.0 Å². The molecule has 3 heteroatoms. The molecule has 0 bridgehead atoms. The third-order valence-electron chi connectivity index (χ3n) is 2.00. The number of aryl methyl sites for hydroxylation is 1. The molecule has 2 aromatic rings. The van der Waals surface area contributed by atoms with E-state index >= 15 is 0 Å². The molecule has 0 saturated heterocycles. The van der Waals surface area contributed by atoms with Crippen molar-refractivity contribution in [2.75, 3.05) is 0 Å². The van der Waals surface area contributed by atoms with Crippen LogP contribution in [0.5, 0.6) is 0 Å². The predicted molar refractivity (Wildman–Crippen MR) is 61.8 cm³/mol. The van der Waals surface area contributed by atoms with Gasteiger partial charge in [-0.2, -0.15) is 12.6 Å². The van der Waals surface area contributed by atoms with Gasteiger partial charge in [0, 0.05) is 5.25 Å². The first-order valence-electron chi connectivity index (χ1n) is 4.22. The van der Waals surface area contributed by atoms with Gasteiger partial charge in [-0.05, 0) is 31.5 Å². The summed E-state index contributed by atoms with van der Waals surface area (Å²) >= 11 is 6.14. The number of thiol groups is 1. The number of hydrogen-bond donors (Lipinski definition) is 1. The summed E-state index contributed by atoms with van der Waals surface area (Å²) in [5.74, 6) is 0. The molecule has 1 unspecified atom stereocenters. The van der Waals surface area contributed by atoms with Crippen LogP contribution in [0.15, 0.2) is 18.2 Å². The summed E-state index contributed by atoms with van der Waals surface area (Å²) in [4.78, 5) is 4.41. The topological polar surface area (TPSA) is 12.9 Å². The summed E-state index contributed by atoms with van der Waals surface area (Å²) in [7, 11) is 0. The zero-order valence-electron chi connectivity index (χ0n) is 7.61. The lowest BCUT2D eigenvalue weighted by atomic mass is 10.1. The Morgan fingerprint density at radius 2 is 2.23 bits per heavy atom. The molecule has 0 fully saturated rings. The van der Waals surface area contributed by atoms with Crippen molar-refractivity contribution in [1.29, 1.82) is 0 Å². The Hall–Kier alpha value is -0.540. The van der Waals surface area contributed by atoms with E-state index in [1.54, 1.807) is 11.3 Å². The predicted octanol–water partition coefficient (Wildman–Crippen LogP) is 3.60. The van der Waals surface area contributed by atoms with Gasteiger partial charge in [0.2, 0.25) is 0 Å². The lowest BCUT2D eigenvalue weighted by molar-refractivity contribution is 1.12. The van der Waals surface area contributed by atoms with Gasteiger partial charge in [-0.1, -0.05) is 6.07 Å². The molecule has 0 amide bonds. The second kappa shape index (κ2) is 3.31. The number of fused-ring (bicyclic) bond motifs is 1. The van der Waals surface area contributed by atoms with Crippen LogP contribution in [0.25, 0.3) is 10.2 Å². The molecule has 0 spiro atoms. The second-order valence-electron chi connectivity index (χ2n) is 3.14. The van der Waals surface area contributed by atoms with Crippen LogP contribution in [-0.4, -0.2) is 4.98 Å². The van der Waals surface area contributed by atoms with Crippen molar-refractivity contribution in [2.24, 2.45) is 0 Å². The SMILES string of the molecule is Cc1nc2ccc(C(C)S)cc2s1. The molecule has 1 heterocycles. The number of aromatic nitrogens is 1. The molecule has 2 rings (SSSR count). The number of benzene rings is 1. The minimum absolute atomic E-state index is 0.298. The van der Waals surface area contributed by atoms with Crippen molar-refractivity contribution < 1.29 is 0 Å². The average Bonchev–Trinajstić information content (AvgIpc) is 2.42. The fraction of sp³-hybridized carbons (Fsp3) is 0.300. The van der Waals surface area contributed by atoms with E-state index in [4.69, 9.17) is 0 Å². The van der Waals surface area contributed by atoms with Gasteiger partial charge >= 0.3 is 0 Å². The minimum Gasteiger partial charge on any atom is -0.242 e. The smallest absolute Gasteiger partial charge is 0.0907 e. The summed E-state index contributed by atoms with van der Waals surface area (Å²) < 4.78 is 1.26. The highest BCUT2D eigenvalue weighted by atomic mass is 32.1. The molecule has 0 aliphatic rings. The van der Waals surface area contributed by atoms with Crippen LogP contribution in [-0.2, 0) is 0 Å². The first-order valence-corrected chi connectivity index (χ1v) is 5.55. The van der Waals surface area contributed by atoms with Crippen LogP contribution in [0, 0.1) is 6.92 Å². The Bertz CT molecular complexity index is 431. The highest BCUT2D eigenvalue weighted by Crippen LogP contribution is 2.27. The first-order chi connectivity index (χ1) is 6.16. The van der Waals surface area contributed by atoms with Crippen molar-refractivity contribution in [3.8, 4) is 0 Å². The quantitative estimate of drug-likeness (QED) is 0.708. The largest absolute Gasteiger partial charge is 0.242 e. The standard InChI is InChI=1S/C10H11NS2/c1-6(12)8-3-4-9-10(5-8)13-7(2)11-9/h3-6,12H,1-2H3. The molecule has 13 heavy (non-hydrogen) atoms. The number of rotatable bonds is 1. The fourth-order valence-corrected chi connectivity index (χ4v) is 2.35. The lowest BCUT2D eigenvalue weighted by Gasteiger charge is -2.02. The van der Waals surface area contributed by atoms with E-state index in [0.29, 0.717) is 5.25 Å². The molecule has 0 saturated carbocycles. The Kier molecular flexibility index (Phi) is 2.30. The van der Waals surface area contributed by atoms with Gasteiger partial charge in [0.1, 0.15) is 0 Å². The molecular weight excluding hydrogens is 198 g/mol. The van der Waals surface area contributed by atoms with Crippen LogP contribution in [0.4, 0.5) is 0 Å². The first kappa shape index (κ1) is 9.03. The molecular formula is C10H11NS2. The molecule has 1 atom stereocenters. The summed E-state index contributed by atoms with van der Waals surface area (Å²) in [6.07, 6.45) is 0. The highest BCUT2D eigenvalue weighted by molar-refractivity contribution is 7.80. The van der Waals surface area contributed by atoms with Gasteiger partial charge in [0.05, 0.1) is 15.2 Å². The minimum atomic E-state index is 0.298. The summed E-state index contributed by atoms with van der Waals surface area (Å²) in [5, 5.41) is 1.42. The zero-order valence-corrected chi connectivity index (χ0v) is 9.32. The van der Waals surface area contributed by atoms with Gasteiger partial charge in [0.15, 0.2) is 0 Å². The van der Waals surface area contributed by atoms with E-state index in [1.165, 1.54) is 10.3 Å². The number of nitrogens with zero attached hydrogens (tertiary/aromatic N) is 1. The number of thiazole rings is 1.